The van der Waals surface area contributed by atoms with Crippen LogP contribution in [0.4, 0.5) is 0 Å². The minimum absolute atomic E-state index is 0.440. The molecule has 0 aromatic carbocycles. The SMILES string of the molecule is CCC1C2CNCC2CN1C1CC(C)OC(C)C1. The van der Waals surface area contributed by atoms with Gasteiger partial charge in [0, 0.05) is 18.6 Å². The molecular weight excluding hydrogens is 224 g/mol. The maximum absolute atomic E-state index is 5.90. The fourth-order valence-electron chi connectivity index (χ4n) is 4.65. The second-order valence-electron chi connectivity index (χ2n) is 6.64. The van der Waals surface area contributed by atoms with Gasteiger partial charge in [-0.15, -0.1) is 0 Å². The lowest BCUT2D eigenvalue weighted by Gasteiger charge is -2.41. The van der Waals surface area contributed by atoms with Gasteiger partial charge in [0.15, 0.2) is 0 Å². The van der Waals surface area contributed by atoms with Crippen molar-refractivity contribution in [2.45, 2.75) is 64.3 Å². The van der Waals surface area contributed by atoms with Crippen LogP contribution in [0.5, 0.6) is 0 Å². The minimum Gasteiger partial charge on any atom is -0.375 e. The molecule has 3 heteroatoms. The van der Waals surface area contributed by atoms with Crippen LogP contribution in [-0.2, 0) is 4.74 Å². The zero-order valence-electron chi connectivity index (χ0n) is 12.1. The van der Waals surface area contributed by atoms with E-state index in [0.29, 0.717) is 12.2 Å². The predicted octanol–water partition coefficient (Wildman–Crippen LogP) is 1.87. The van der Waals surface area contributed by atoms with Crippen molar-refractivity contribution in [3.8, 4) is 0 Å². The molecule has 104 valence electrons. The summed E-state index contributed by atoms with van der Waals surface area (Å²) < 4.78 is 5.90. The standard InChI is InChI=1S/C15H28N2O/c1-4-15-14-8-16-7-12(14)9-17(15)13-5-10(2)18-11(3)6-13/h10-16H,4-9H2,1-3H3. The molecule has 3 rings (SSSR count). The average molecular weight is 252 g/mol. The highest BCUT2D eigenvalue weighted by atomic mass is 16.5. The molecule has 1 N–H and O–H groups in total. The van der Waals surface area contributed by atoms with Crippen molar-refractivity contribution in [2.24, 2.45) is 11.8 Å². The molecule has 0 aromatic rings. The summed E-state index contributed by atoms with van der Waals surface area (Å²) in [6, 6.07) is 1.58. The molecule has 3 aliphatic heterocycles. The topological polar surface area (TPSA) is 24.5 Å². The fraction of sp³-hybridized carbons (Fsp3) is 1.00. The zero-order chi connectivity index (χ0) is 12.7. The van der Waals surface area contributed by atoms with Crippen LogP contribution in [0.3, 0.4) is 0 Å². The minimum atomic E-state index is 0.440. The van der Waals surface area contributed by atoms with E-state index in [1.807, 2.05) is 0 Å². The first-order chi connectivity index (χ1) is 8.69. The van der Waals surface area contributed by atoms with Crippen molar-refractivity contribution >= 4 is 0 Å². The Balaban J connectivity index is 1.71. The molecular formula is C15H28N2O. The molecule has 0 spiro atoms. The molecule has 0 amide bonds. The highest BCUT2D eigenvalue weighted by Crippen LogP contribution is 2.38. The summed E-state index contributed by atoms with van der Waals surface area (Å²) in [5.74, 6) is 1.81. The number of likely N-dealkylation sites (tertiary alicyclic amines) is 1. The van der Waals surface area contributed by atoms with Gasteiger partial charge >= 0.3 is 0 Å². The van der Waals surface area contributed by atoms with Crippen LogP contribution < -0.4 is 5.32 Å². The van der Waals surface area contributed by atoms with Gasteiger partial charge in [0.2, 0.25) is 0 Å². The van der Waals surface area contributed by atoms with E-state index in [9.17, 15) is 0 Å². The molecule has 3 aliphatic rings. The summed E-state index contributed by atoms with van der Waals surface area (Å²) in [7, 11) is 0. The first-order valence-electron chi connectivity index (χ1n) is 7.81. The molecule has 3 heterocycles. The van der Waals surface area contributed by atoms with Crippen molar-refractivity contribution in [3.05, 3.63) is 0 Å². The third-order valence-corrected chi connectivity index (χ3v) is 5.32. The van der Waals surface area contributed by atoms with Crippen LogP contribution in [0, 0.1) is 11.8 Å². The summed E-state index contributed by atoms with van der Waals surface area (Å²) >= 11 is 0. The van der Waals surface area contributed by atoms with Crippen molar-refractivity contribution in [3.63, 3.8) is 0 Å². The highest BCUT2D eigenvalue weighted by Gasteiger charge is 2.46. The Morgan fingerprint density at radius 1 is 1.17 bits per heavy atom. The van der Waals surface area contributed by atoms with E-state index in [4.69, 9.17) is 4.74 Å². The van der Waals surface area contributed by atoms with Gasteiger partial charge in [0.25, 0.3) is 0 Å². The summed E-state index contributed by atoms with van der Waals surface area (Å²) in [4.78, 5) is 2.84. The Morgan fingerprint density at radius 3 is 2.56 bits per heavy atom. The van der Waals surface area contributed by atoms with E-state index in [1.54, 1.807) is 0 Å². The number of rotatable bonds is 2. The highest BCUT2D eigenvalue weighted by molar-refractivity contribution is 5.01. The fourth-order valence-corrected chi connectivity index (χ4v) is 4.65. The van der Waals surface area contributed by atoms with E-state index in [1.165, 1.54) is 38.9 Å². The van der Waals surface area contributed by atoms with Crippen molar-refractivity contribution < 1.29 is 4.74 Å². The zero-order valence-corrected chi connectivity index (χ0v) is 12.1. The maximum Gasteiger partial charge on any atom is 0.0565 e. The summed E-state index contributed by atoms with van der Waals surface area (Å²) in [6.07, 6.45) is 4.65. The van der Waals surface area contributed by atoms with Gasteiger partial charge in [-0.1, -0.05) is 6.92 Å². The average Bonchev–Trinajstić information content (AvgIpc) is 2.86. The number of ether oxygens (including phenoxy) is 1. The van der Waals surface area contributed by atoms with Crippen LogP contribution >= 0.6 is 0 Å². The molecule has 18 heavy (non-hydrogen) atoms. The Labute approximate surface area is 111 Å². The molecule has 0 aliphatic carbocycles. The molecule has 5 unspecified atom stereocenters. The third-order valence-electron chi connectivity index (χ3n) is 5.32. The van der Waals surface area contributed by atoms with Crippen molar-refractivity contribution in [2.75, 3.05) is 19.6 Å². The lowest BCUT2D eigenvalue weighted by molar-refractivity contribution is -0.0690. The molecule has 3 fully saturated rings. The number of hydrogen-bond acceptors (Lipinski definition) is 3. The third kappa shape index (κ3) is 2.21. The van der Waals surface area contributed by atoms with Gasteiger partial charge in [-0.25, -0.2) is 0 Å². The van der Waals surface area contributed by atoms with Crippen LogP contribution in [0.1, 0.15) is 40.0 Å². The van der Waals surface area contributed by atoms with Crippen LogP contribution in [0.25, 0.3) is 0 Å². The molecule has 5 atom stereocenters. The number of nitrogens with zero attached hydrogens (tertiary/aromatic N) is 1. The van der Waals surface area contributed by atoms with E-state index in [0.717, 1.165) is 23.9 Å². The van der Waals surface area contributed by atoms with Gasteiger partial charge in [0.1, 0.15) is 0 Å². The van der Waals surface area contributed by atoms with Gasteiger partial charge < -0.3 is 10.1 Å². The van der Waals surface area contributed by atoms with Gasteiger partial charge in [0.05, 0.1) is 12.2 Å². The normalized spacial score (nSPS) is 49.5. The van der Waals surface area contributed by atoms with E-state index in [-0.39, 0.29) is 0 Å². The van der Waals surface area contributed by atoms with E-state index >= 15 is 0 Å². The lowest BCUT2D eigenvalue weighted by atomic mass is 9.92. The largest absolute Gasteiger partial charge is 0.375 e. The number of nitrogens with one attached hydrogen (secondary N) is 1. The molecule has 3 saturated heterocycles. The summed E-state index contributed by atoms with van der Waals surface area (Å²) in [5, 5.41) is 3.58. The maximum atomic E-state index is 5.90. The quantitative estimate of drug-likeness (QED) is 0.812. The lowest BCUT2D eigenvalue weighted by Crippen LogP contribution is -2.48. The second-order valence-corrected chi connectivity index (χ2v) is 6.64. The monoisotopic (exact) mass is 252 g/mol. The summed E-state index contributed by atoms with van der Waals surface area (Å²) in [6.45, 7) is 10.6. The van der Waals surface area contributed by atoms with E-state index < -0.39 is 0 Å². The first-order valence-corrected chi connectivity index (χ1v) is 7.81. The van der Waals surface area contributed by atoms with Gasteiger partial charge in [-0.2, -0.15) is 0 Å². The Hall–Kier alpha value is -0.120. The first kappa shape index (κ1) is 12.9. The molecule has 0 bridgehead atoms. The Morgan fingerprint density at radius 2 is 1.89 bits per heavy atom. The Kier molecular flexibility index (Phi) is 3.65. The number of fused-ring (bicyclic) bond motifs is 1. The molecule has 0 radical (unpaired) electrons. The Bertz CT molecular complexity index is 286. The molecule has 3 nitrogen and oxygen atoms in total. The smallest absolute Gasteiger partial charge is 0.0565 e. The van der Waals surface area contributed by atoms with Crippen LogP contribution in [0.15, 0.2) is 0 Å². The van der Waals surface area contributed by atoms with Crippen LogP contribution in [-0.4, -0.2) is 48.8 Å². The molecule has 0 saturated carbocycles. The van der Waals surface area contributed by atoms with Crippen molar-refractivity contribution in [1.29, 1.82) is 0 Å². The van der Waals surface area contributed by atoms with Gasteiger partial charge in [-0.05, 0) is 58.0 Å². The van der Waals surface area contributed by atoms with Crippen molar-refractivity contribution in [1.82, 2.24) is 10.2 Å². The predicted molar refractivity (Wildman–Crippen MR) is 73.7 cm³/mol. The second kappa shape index (κ2) is 5.10. The molecule has 0 aromatic heterocycles. The van der Waals surface area contributed by atoms with E-state index in [2.05, 4.69) is 31.0 Å². The van der Waals surface area contributed by atoms with Gasteiger partial charge in [-0.3, -0.25) is 4.90 Å². The van der Waals surface area contributed by atoms with Crippen LogP contribution in [0.2, 0.25) is 0 Å². The number of hydrogen-bond donors (Lipinski definition) is 1. The summed E-state index contributed by atoms with van der Waals surface area (Å²) in [5.41, 5.74) is 0.